The molecule has 0 unspecified atom stereocenters. The molecule has 164 valence electrons. The summed E-state index contributed by atoms with van der Waals surface area (Å²) in [6.45, 7) is 3.69. The van der Waals surface area contributed by atoms with Crippen LogP contribution in [0.1, 0.15) is 66.1 Å². The number of alkyl halides is 3. The number of fused-ring (bicyclic) bond motifs is 3. The number of aliphatic carboxylic acids is 1. The second-order valence-corrected chi connectivity index (χ2v) is 8.34. The molecule has 2 aromatic carbocycles. The van der Waals surface area contributed by atoms with Crippen molar-refractivity contribution in [2.45, 2.75) is 57.7 Å². The van der Waals surface area contributed by atoms with E-state index in [2.05, 4.69) is 0 Å². The molecule has 3 aromatic rings. The monoisotopic (exact) mass is 433 g/mol. The predicted molar refractivity (Wildman–Crippen MR) is 110 cm³/mol. The number of hydrogen-bond acceptors (Lipinski definition) is 1. The maximum atomic E-state index is 14.3. The number of halogens is 4. The number of nitrogens with zero attached hydrogens (tertiary/aromatic N) is 1. The molecule has 0 aliphatic heterocycles. The summed E-state index contributed by atoms with van der Waals surface area (Å²) in [5.74, 6) is -1.49. The molecule has 4 rings (SSSR count). The third kappa shape index (κ3) is 3.82. The normalized spacial score (nSPS) is 17.5. The first kappa shape index (κ1) is 21.4. The standard InChI is InChI=1S/C24H23F4NO2/c1-13-10-18(25)12-20-19-5-3-4-16(11-21(30)31)23(19)29(22(13)20)14(2)15-6-8-17(9-7-15)24(26,27)28/h6-10,12,14,16H,3-5,11H2,1-2H3,(H,30,31)/t14-,16+/m0/s1. The van der Waals surface area contributed by atoms with Crippen molar-refractivity contribution in [1.29, 1.82) is 0 Å². The van der Waals surface area contributed by atoms with Gasteiger partial charge in [0.05, 0.1) is 23.5 Å². The fourth-order valence-electron chi connectivity index (χ4n) is 4.97. The van der Waals surface area contributed by atoms with Gasteiger partial charge in [-0.15, -0.1) is 0 Å². The Hall–Kier alpha value is -2.83. The highest BCUT2D eigenvalue weighted by Crippen LogP contribution is 2.44. The molecule has 1 N–H and O–H groups in total. The summed E-state index contributed by atoms with van der Waals surface area (Å²) in [5, 5.41) is 10.2. The Balaban J connectivity index is 1.93. The van der Waals surface area contributed by atoms with Crippen LogP contribution in [0.15, 0.2) is 36.4 Å². The van der Waals surface area contributed by atoms with Gasteiger partial charge in [0.25, 0.3) is 0 Å². The molecule has 0 fully saturated rings. The molecule has 1 aliphatic carbocycles. The van der Waals surface area contributed by atoms with Gasteiger partial charge >= 0.3 is 12.1 Å². The summed E-state index contributed by atoms with van der Waals surface area (Å²) < 4.78 is 55.3. The Kier molecular flexibility index (Phi) is 5.31. The van der Waals surface area contributed by atoms with E-state index in [-0.39, 0.29) is 24.2 Å². The maximum Gasteiger partial charge on any atom is 0.416 e. The van der Waals surface area contributed by atoms with Crippen molar-refractivity contribution in [3.63, 3.8) is 0 Å². The molecule has 7 heteroatoms. The average molecular weight is 433 g/mol. The molecule has 3 nitrogen and oxygen atoms in total. The van der Waals surface area contributed by atoms with E-state index in [1.54, 1.807) is 6.92 Å². The number of rotatable bonds is 4. The first-order chi connectivity index (χ1) is 14.6. The van der Waals surface area contributed by atoms with E-state index >= 15 is 0 Å². The first-order valence-electron chi connectivity index (χ1n) is 10.3. The lowest BCUT2D eigenvalue weighted by molar-refractivity contribution is -0.138. The van der Waals surface area contributed by atoms with Crippen molar-refractivity contribution in [2.24, 2.45) is 0 Å². The number of hydrogen-bond donors (Lipinski definition) is 1. The van der Waals surface area contributed by atoms with E-state index < -0.39 is 17.7 Å². The van der Waals surface area contributed by atoms with Gasteiger partial charge in [0.2, 0.25) is 0 Å². The lowest BCUT2D eigenvalue weighted by Crippen LogP contribution is -2.19. The molecular weight excluding hydrogens is 410 g/mol. The zero-order chi connectivity index (χ0) is 22.5. The summed E-state index contributed by atoms with van der Waals surface area (Å²) in [6, 6.07) is 7.62. The van der Waals surface area contributed by atoms with Crippen LogP contribution in [-0.2, 0) is 17.4 Å². The van der Waals surface area contributed by atoms with Crippen LogP contribution in [0, 0.1) is 12.7 Å². The van der Waals surface area contributed by atoms with E-state index in [1.807, 2.05) is 11.5 Å². The zero-order valence-corrected chi connectivity index (χ0v) is 17.3. The van der Waals surface area contributed by atoms with Crippen LogP contribution in [-0.4, -0.2) is 15.6 Å². The van der Waals surface area contributed by atoms with Gasteiger partial charge in [0, 0.05) is 17.0 Å². The number of aryl methyl sites for hydroxylation is 2. The van der Waals surface area contributed by atoms with E-state index in [1.165, 1.54) is 24.3 Å². The third-order valence-corrected chi connectivity index (χ3v) is 6.29. The summed E-state index contributed by atoms with van der Waals surface area (Å²) in [5.41, 5.74) is 3.31. The van der Waals surface area contributed by atoms with E-state index in [9.17, 15) is 27.5 Å². The first-order valence-corrected chi connectivity index (χ1v) is 10.3. The lowest BCUT2D eigenvalue weighted by Gasteiger charge is -2.28. The minimum atomic E-state index is -4.41. The predicted octanol–water partition coefficient (Wildman–Crippen LogP) is 6.61. The second-order valence-electron chi connectivity index (χ2n) is 8.34. The Morgan fingerprint density at radius 3 is 2.52 bits per heavy atom. The number of carboxylic acids is 1. The van der Waals surface area contributed by atoms with E-state index in [0.717, 1.165) is 52.7 Å². The number of carbonyl (C=O) groups is 1. The van der Waals surface area contributed by atoms with Gasteiger partial charge in [-0.1, -0.05) is 12.1 Å². The molecule has 1 aromatic heterocycles. The van der Waals surface area contributed by atoms with Gasteiger partial charge < -0.3 is 9.67 Å². The van der Waals surface area contributed by atoms with Crippen molar-refractivity contribution in [1.82, 2.24) is 4.57 Å². The van der Waals surface area contributed by atoms with Crippen LogP contribution in [0.4, 0.5) is 17.6 Å². The van der Waals surface area contributed by atoms with Crippen LogP contribution >= 0.6 is 0 Å². The molecular formula is C24H23F4NO2. The van der Waals surface area contributed by atoms with Crippen molar-refractivity contribution in [3.05, 3.63) is 70.2 Å². The Bertz CT molecular complexity index is 1150. The molecule has 0 saturated heterocycles. The van der Waals surface area contributed by atoms with Gasteiger partial charge in [-0.2, -0.15) is 13.2 Å². The molecule has 2 atom stereocenters. The minimum Gasteiger partial charge on any atom is -0.481 e. The number of benzene rings is 2. The Labute approximate surface area is 177 Å². The fourth-order valence-corrected chi connectivity index (χ4v) is 4.97. The molecule has 0 amide bonds. The highest BCUT2D eigenvalue weighted by atomic mass is 19.4. The SMILES string of the molecule is Cc1cc(F)cc2c3c(n([C@@H](C)c4ccc(C(F)(F)F)cc4)c12)[C@@H](CC(=O)O)CCC3. The van der Waals surface area contributed by atoms with Crippen molar-refractivity contribution in [3.8, 4) is 0 Å². The highest BCUT2D eigenvalue weighted by molar-refractivity contribution is 5.89. The van der Waals surface area contributed by atoms with Crippen LogP contribution < -0.4 is 0 Å². The van der Waals surface area contributed by atoms with Gasteiger partial charge in [-0.3, -0.25) is 4.79 Å². The van der Waals surface area contributed by atoms with Crippen LogP contribution in [0.3, 0.4) is 0 Å². The van der Waals surface area contributed by atoms with Crippen LogP contribution in [0.2, 0.25) is 0 Å². The smallest absolute Gasteiger partial charge is 0.416 e. The topological polar surface area (TPSA) is 42.2 Å². The molecule has 0 spiro atoms. The second kappa shape index (κ2) is 7.70. The van der Waals surface area contributed by atoms with Gasteiger partial charge in [-0.05, 0) is 74.1 Å². The molecule has 31 heavy (non-hydrogen) atoms. The molecule has 0 bridgehead atoms. The largest absolute Gasteiger partial charge is 0.481 e. The number of carboxylic acid groups (broad SMARTS) is 1. The Morgan fingerprint density at radius 2 is 1.90 bits per heavy atom. The van der Waals surface area contributed by atoms with Gasteiger partial charge in [0.1, 0.15) is 5.82 Å². The summed E-state index contributed by atoms with van der Waals surface area (Å²) in [6.07, 6.45) is -2.21. The third-order valence-electron chi connectivity index (χ3n) is 6.29. The minimum absolute atomic E-state index is 0.0371. The van der Waals surface area contributed by atoms with Gasteiger partial charge in [0.15, 0.2) is 0 Å². The molecule has 1 aliphatic rings. The van der Waals surface area contributed by atoms with E-state index in [0.29, 0.717) is 12.0 Å². The number of aromatic nitrogens is 1. The molecule has 1 heterocycles. The van der Waals surface area contributed by atoms with E-state index in [4.69, 9.17) is 0 Å². The van der Waals surface area contributed by atoms with Crippen LogP contribution in [0.5, 0.6) is 0 Å². The fraction of sp³-hybridized carbons (Fsp3) is 0.375. The Morgan fingerprint density at radius 1 is 1.23 bits per heavy atom. The molecule has 0 radical (unpaired) electrons. The molecule has 0 saturated carbocycles. The average Bonchev–Trinajstić information content (AvgIpc) is 3.02. The van der Waals surface area contributed by atoms with Crippen molar-refractivity contribution >= 4 is 16.9 Å². The summed E-state index contributed by atoms with van der Waals surface area (Å²) in [4.78, 5) is 11.5. The highest BCUT2D eigenvalue weighted by Gasteiger charge is 2.33. The zero-order valence-electron chi connectivity index (χ0n) is 17.3. The van der Waals surface area contributed by atoms with Crippen molar-refractivity contribution in [2.75, 3.05) is 0 Å². The van der Waals surface area contributed by atoms with Gasteiger partial charge in [-0.25, -0.2) is 4.39 Å². The summed E-state index contributed by atoms with van der Waals surface area (Å²) in [7, 11) is 0. The van der Waals surface area contributed by atoms with Crippen LogP contribution in [0.25, 0.3) is 10.9 Å². The summed E-state index contributed by atoms with van der Waals surface area (Å²) >= 11 is 0. The quantitative estimate of drug-likeness (QED) is 0.471. The van der Waals surface area contributed by atoms with Crippen molar-refractivity contribution < 1.29 is 27.5 Å². The lowest BCUT2D eigenvalue weighted by atomic mass is 9.84. The maximum absolute atomic E-state index is 14.3.